The fourth-order valence-electron chi connectivity index (χ4n) is 3.93. The van der Waals surface area contributed by atoms with Crippen molar-refractivity contribution in [3.63, 3.8) is 0 Å². The number of carbonyl (C=O) groups excluding carboxylic acids is 1. The highest BCUT2D eigenvalue weighted by Gasteiger charge is 2.38. The van der Waals surface area contributed by atoms with E-state index in [1.807, 2.05) is 0 Å². The number of fused-ring (bicyclic) bond motifs is 1. The van der Waals surface area contributed by atoms with E-state index in [-0.39, 0.29) is 11.9 Å². The summed E-state index contributed by atoms with van der Waals surface area (Å²) >= 11 is 0. The van der Waals surface area contributed by atoms with E-state index in [1.165, 1.54) is 38.8 Å². The maximum Gasteiger partial charge on any atom is 0.236 e. The summed E-state index contributed by atoms with van der Waals surface area (Å²) in [6.07, 6.45) is 5.10. The average molecular weight is 252 g/mol. The predicted molar refractivity (Wildman–Crippen MR) is 70.2 cm³/mol. The Hall–Kier alpha value is -0.650. The van der Waals surface area contributed by atoms with Crippen molar-refractivity contribution in [1.29, 1.82) is 0 Å². The van der Waals surface area contributed by atoms with Crippen molar-refractivity contribution in [2.45, 2.75) is 43.8 Å². The van der Waals surface area contributed by atoms with E-state index in [0.29, 0.717) is 6.04 Å². The van der Waals surface area contributed by atoms with Gasteiger partial charge >= 0.3 is 0 Å². The Kier molecular flexibility index (Phi) is 3.54. The van der Waals surface area contributed by atoms with Crippen LogP contribution in [0.3, 0.4) is 0 Å². The zero-order valence-electron chi connectivity index (χ0n) is 11.0. The van der Waals surface area contributed by atoms with Gasteiger partial charge < -0.3 is 16.0 Å². The molecule has 3 fully saturated rings. The zero-order chi connectivity index (χ0) is 12.5. The van der Waals surface area contributed by atoms with Crippen LogP contribution in [0.25, 0.3) is 0 Å². The van der Waals surface area contributed by atoms with Crippen molar-refractivity contribution in [3.05, 3.63) is 0 Å². The second-order valence-electron chi connectivity index (χ2n) is 5.87. The van der Waals surface area contributed by atoms with Crippen LogP contribution in [0.15, 0.2) is 0 Å². The summed E-state index contributed by atoms with van der Waals surface area (Å²) in [6.45, 7) is 5.14. The van der Waals surface area contributed by atoms with Gasteiger partial charge in [-0.2, -0.15) is 0 Å². The first kappa shape index (κ1) is 12.4. The third-order valence-electron chi connectivity index (χ3n) is 4.88. The van der Waals surface area contributed by atoms with Crippen LogP contribution in [-0.2, 0) is 4.79 Å². The van der Waals surface area contributed by atoms with Crippen LogP contribution in [0, 0.1) is 0 Å². The molecule has 3 atom stereocenters. The second kappa shape index (κ2) is 5.15. The van der Waals surface area contributed by atoms with E-state index in [2.05, 4.69) is 15.1 Å². The van der Waals surface area contributed by atoms with Crippen molar-refractivity contribution in [2.24, 2.45) is 5.73 Å². The minimum absolute atomic E-state index is 0.100. The predicted octanol–water partition coefficient (Wildman–Crippen LogP) is -0.628. The molecule has 3 rings (SSSR count). The van der Waals surface area contributed by atoms with Gasteiger partial charge in [0.15, 0.2) is 0 Å². The highest BCUT2D eigenvalue weighted by atomic mass is 16.1. The number of primary amides is 1. The normalized spacial score (nSPS) is 38.6. The summed E-state index contributed by atoms with van der Waals surface area (Å²) < 4.78 is 0. The van der Waals surface area contributed by atoms with Crippen LogP contribution in [0.5, 0.6) is 0 Å². The molecule has 0 aromatic heterocycles. The summed E-state index contributed by atoms with van der Waals surface area (Å²) in [7, 11) is 0. The van der Waals surface area contributed by atoms with Gasteiger partial charge in [-0.1, -0.05) is 0 Å². The minimum Gasteiger partial charge on any atom is -0.368 e. The number of piperazine rings is 1. The maximum absolute atomic E-state index is 11.6. The number of carbonyl (C=O) groups is 1. The molecule has 3 aliphatic heterocycles. The Labute approximate surface area is 109 Å². The molecule has 0 aromatic rings. The summed E-state index contributed by atoms with van der Waals surface area (Å²) in [6, 6.07) is 1.22. The maximum atomic E-state index is 11.6. The van der Waals surface area contributed by atoms with Crippen LogP contribution in [0.1, 0.15) is 25.7 Å². The van der Waals surface area contributed by atoms with E-state index in [4.69, 9.17) is 5.73 Å². The first-order valence-electron chi connectivity index (χ1n) is 7.25. The van der Waals surface area contributed by atoms with Gasteiger partial charge in [-0.25, -0.2) is 0 Å². The van der Waals surface area contributed by atoms with Crippen molar-refractivity contribution < 1.29 is 4.79 Å². The standard InChI is InChI=1S/C13H24N4O/c14-13(18)12-9-15-4-7-17(12)11-3-6-16-5-1-2-10(16)8-11/h10-12,15H,1-9H2,(H2,14,18). The van der Waals surface area contributed by atoms with Gasteiger partial charge in [0.2, 0.25) is 5.91 Å². The molecule has 5 nitrogen and oxygen atoms in total. The molecular weight excluding hydrogens is 228 g/mol. The third kappa shape index (κ3) is 2.27. The molecule has 3 saturated heterocycles. The number of amides is 1. The molecular formula is C13H24N4O. The van der Waals surface area contributed by atoms with Gasteiger partial charge in [0, 0.05) is 31.7 Å². The van der Waals surface area contributed by atoms with Crippen LogP contribution in [0.2, 0.25) is 0 Å². The minimum atomic E-state index is -0.170. The summed E-state index contributed by atoms with van der Waals surface area (Å²) in [5.41, 5.74) is 5.54. The lowest BCUT2D eigenvalue weighted by atomic mass is 9.94. The summed E-state index contributed by atoms with van der Waals surface area (Å²) in [5.74, 6) is -0.170. The average Bonchev–Trinajstić information content (AvgIpc) is 2.85. The summed E-state index contributed by atoms with van der Waals surface area (Å²) in [4.78, 5) is 16.6. The molecule has 3 unspecified atom stereocenters. The molecule has 0 aliphatic carbocycles. The SMILES string of the molecule is NC(=O)C1CNCCN1C1CCN2CCCC2C1. The molecule has 1 amide bonds. The fourth-order valence-corrected chi connectivity index (χ4v) is 3.93. The Morgan fingerprint density at radius 2 is 2.06 bits per heavy atom. The molecule has 0 bridgehead atoms. The van der Waals surface area contributed by atoms with E-state index < -0.39 is 0 Å². The monoisotopic (exact) mass is 252 g/mol. The van der Waals surface area contributed by atoms with Gasteiger partial charge in [0.1, 0.15) is 6.04 Å². The van der Waals surface area contributed by atoms with Gasteiger partial charge in [-0.3, -0.25) is 9.69 Å². The lowest BCUT2D eigenvalue weighted by molar-refractivity contribution is -0.125. The number of nitrogens with zero attached hydrogens (tertiary/aromatic N) is 2. The number of hydrogen-bond acceptors (Lipinski definition) is 4. The summed E-state index contributed by atoms with van der Waals surface area (Å²) in [5, 5.41) is 3.28. The van der Waals surface area contributed by atoms with Crippen LogP contribution < -0.4 is 11.1 Å². The molecule has 0 aromatic carbocycles. The number of nitrogens with two attached hydrogens (primary N) is 1. The molecule has 3 N–H and O–H groups in total. The van der Waals surface area contributed by atoms with E-state index >= 15 is 0 Å². The molecule has 0 radical (unpaired) electrons. The lowest BCUT2D eigenvalue weighted by Gasteiger charge is -2.45. The smallest absolute Gasteiger partial charge is 0.236 e. The molecule has 3 aliphatic rings. The Morgan fingerprint density at radius 1 is 1.17 bits per heavy atom. The molecule has 3 heterocycles. The highest BCUT2D eigenvalue weighted by Crippen LogP contribution is 2.30. The lowest BCUT2D eigenvalue weighted by Crippen LogP contribution is -2.62. The fraction of sp³-hybridized carbons (Fsp3) is 0.923. The van der Waals surface area contributed by atoms with Gasteiger partial charge in [0.05, 0.1) is 0 Å². The van der Waals surface area contributed by atoms with Gasteiger partial charge in [-0.15, -0.1) is 0 Å². The molecule has 18 heavy (non-hydrogen) atoms. The molecule has 0 spiro atoms. The van der Waals surface area contributed by atoms with E-state index in [0.717, 1.165) is 25.7 Å². The number of rotatable bonds is 2. The van der Waals surface area contributed by atoms with E-state index in [9.17, 15) is 4.79 Å². The Morgan fingerprint density at radius 3 is 2.89 bits per heavy atom. The highest BCUT2D eigenvalue weighted by molar-refractivity contribution is 5.80. The largest absolute Gasteiger partial charge is 0.368 e. The Balaban J connectivity index is 1.67. The van der Waals surface area contributed by atoms with Gasteiger partial charge in [-0.05, 0) is 38.8 Å². The second-order valence-corrected chi connectivity index (χ2v) is 5.87. The van der Waals surface area contributed by atoms with Crippen molar-refractivity contribution in [3.8, 4) is 0 Å². The number of piperidine rings is 1. The number of nitrogens with one attached hydrogen (secondary N) is 1. The first-order chi connectivity index (χ1) is 8.75. The zero-order valence-corrected chi connectivity index (χ0v) is 11.0. The Bertz CT molecular complexity index is 322. The van der Waals surface area contributed by atoms with Crippen molar-refractivity contribution in [1.82, 2.24) is 15.1 Å². The van der Waals surface area contributed by atoms with Crippen molar-refractivity contribution in [2.75, 3.05) is 32.7 Å². The van der Waals surface area contributed by atoms with Crippen LogP contribution >= 0.6 is 0 Å². The van der Waals surface area contributed by atoms with E-state index in [1.54, 1.807) is 0 Å². The van der Waals surface area contributed by atoms with Crippen LogP contribution in [-0.4, -0.2) is 66.6 Å². The number of hydrogen-bond donors (Lipinski definition) is 2. The van der Waals surface area contributed by atoms with Crippen molar-refractivity contribution >= 4 is 5.91 Å². The quantitative estimate of drug-likeness (QED) is 0.687. The molecule has 102 valence electrons. The molecule has 5 heteroatoms. The van der Waals surface area contributed by atoms with Crippen LogP contribution in [0.4, 0.5) is 0 Å². The topological polar surface area (TPSA) is 61.6 Å². The van der Waals surface area contributed by atoms with Gasteiger partial charge in [0.25, 0.3) is 0 Å². The molecule has 0 saturated carbocycles. The third-order valence-corrected chi connectivity index (χ3v) is 4.88. The first-order valence-corrected chi connectivity index (χ1v) is 7.25.